The van der Waals surface area contributed by atoms with Crippen molar-refractivity contribution in [2.75, 3.05) is 5.32 Å². The van der Waals surface area contributed by atoms with E-state index in [1.165, 1.54) is 0 Å². The van der Waals surface area contributed by atoms with Crippen LogP contribution in [0.4, 0.5) is 5.69 Å². The largest absolute Gasteiger partial charge is 0.436 e. The lowest BCUT2D eigenvalue weighted by molar-refractivity contribution is -0.122. The molecular formula is C20H21N3O2S. The average molecular weight is 367 g/mol. The highest BCUT2D eigenvalue weighted by atomic mass is 32.1. The summed E-state index contributed by atoms with van der Waals surface area (Å²) in [5.41, 5.74) is 5.44. The van der Waals surface area contributed by atoms with E-state index < -0.39 is 0 Å². The number of benzene rings is 2. The molecule has 2 N–H and O–H groups in total. The summed E-state index contributed by atoms with van der Waals surface area (Å²) in [5.74, 6) is 0.329. The lowest BCUT2D eigenvalue weighted by atomic mass is 10.1. The van der Waals surface area contributed by atoms with Crippen LogP contribution in [-0.2, 0) is 4.79 Å². The first kappa shape index (κ1) is 18.1. The number of rotatable bonds is 3. The summed E-state index contributed by atoms with van der Waals surface area (Å²) in [6, 6.07) is 11.7. The first-order valence-corrected chi connectivity index (χ1v) is 8.84. The molecule has 5 nitrogen and oxygen atoms in total. The molecule has 0 radical (unpaired) electrons. The second-order valence-corrected chi connectivity index (χ2v) is 7.08. The van der Waals surface area contributed by atoms with Crippen molar-refractivity contribution in [2.45, 2.75) is 27.7 Å². The Morgan fingerprint density at radius 2 is 1.81 bits per heavy atom. The summed E-state index contributed by atoms with van der Waals surface area (Å²) < 4.78 is 5.88. The van der Waals surface area contributed by atoms with Gasteiger partial charge in [0.2, 0.25) is 11.8 Å². The number of fused-ring (bicyclic) bond motifs is 1. The minimum atomic E-state index is -0.131. The molecule has 0 atom stereocenters. The number of carbonyl (C=O) groups excluding carboxylic acids is 1. The number of amides is 1. The molecule has 2 aromatic carbocycles. The molecule has 6 heteroatoms. The Labute approximate surface area is 157 Å². The zero-order valence-electron chi connectivity index (χ0n) is 15.2. The van der Waals surface area contributed by atoms with Crippen LogP contribution in [0.25, 0.3) is 22.6 Å². The maximum atomic E-state index is 11.7. The van der Waals surface area contributed by atoms with Gasteiger partial charge in [0.05, 0.1) is 0 Å². The van der Waals surface area contributed by atoms with Crippen molar-refractivity contribution < 1.29 is 9.21 Å². The molecule has 1 amide bonds. The Morgan fingerprint density at radius 3 is 2.46 bits per heavy atom. The summed E-state index contributed by atoms with van der Waals surface area (Å²) in [6.45, 7) is 7.73. The Balaban J connectivity index is 1.83. The van der Waals surface area contributed by atoms with E-state index in [4.69, 9.17) is 16.6 Å². The van der Waals surface area contributed by atoms with Crippen LogP contribution in [0.3, 0.4) is 0 Å². The minimum Gasteiger partial charge on any atom is -0.436 e. The minimum absolute atomic E-state index is 0.123. The Hall–Kier alpha value is -2.73. The molecule has 1 heterocycles. The van der Waals surface area contributed by atoms with E-state index in [9.17, 15) is 4.79 Å². The van der Waals surface area contributed by atoms with E-state index >= 15 is 0 Å². The zero-order chi connectivity index (χ0) is 18.8. The number of anilines is 1. The highest BCUT2D eigenvalue weighted by Crippen LogP contribution is 2.27. The van der Waals surface area contributed by atoms with Gasteiger partial charge >= 0.3 is 0 Å². The number of aryl methyl sites for hydroxylation is 2. The third-order valence-corrected chi connectivity index (χ3v) is 4.08. The van der Waals surface area contributed by atoms with Crippen LogP contribution < -0.4 is 10.6 Å². The molecule has 3 aromatic rings. The lowest BCUT2D eigenvalue weighted by Crippen LogP contribution is -2.36. The maximum Gasteiger partial charge on any atom is 0.228 e. The number of hydrogen-bond acceptors (Lipinski definition) is 4. The van der Waals surface area contributed by atoms with Gasteiger partial charge in [-0.05, 0) is 56.4 Å². The predicted octanol–water partition coefficient (Wildman–Crippen LogP) is 4.58. The molecule has 1 aromatic heterocycles. The van der Waals surface area contributed by atoms with Gasteiger partial charge in [-0.3, -0.25) is 4.79 Å². The fourth-order valence-electron chi connectivity index (χ4n) is 2.65. The molecule has 0 aliphatic carbocycles. The zero-order valence-corrected chi connectivity index (χ0v) is 16.0. The molecular weight excluding hydrogens is 346 g/mol. The van der Waals surface area contributed by atoms with Gasteiger partial charge in [-0.25, -0.2) is 4.98 Å². The summed E-state index contributed by atoms with van der Waals surface area (Å²) >= 11 is 5.18. The van der Waals surface area contributed by atoms with Crippen molar-refractivity contribution in [2.24, 2.45) is 5.92 Å². The molecule has 0 saturated heterocycles. The van der Waals surface area contributed by atoms with Crippen LogP contribution in [0, 0.1) is 19.8 Å². The molecule has 0 aliphatic heterocycles. The second kappa shape index (κ2) is 7.25. The third kappa shape index (κ3) is 4.08. The smallest absolute Gasteiger partial charge is 0.228 e. The molecule has 0 unspecified atom stereocenters. The summed E-state index contributed by atoms with van der Waals surface area (Å²) in [7, 11) is 0. The third-order valence-electron chi connectivity index (χ3n) is 3.88. The van der Waals surface area contributed by atoms with E-state index in [0.29, 0.717) is 11.5 Å². The Morgan fingerprint density at radius 1 is 1.12 bits per heavy atom. The van der Waals surface area contributed by atoms with Crippen molar-refractivity contribution in [3.05, 3.63) is 47.5 Å². The topological polar surface area (TPSA) is 67.2 Å². The number of nitrogens with one attached hydrogen (secondary N) is 2. The second-order valence-electron chi connectivity index (χ2n) is 6.68. The predicted molar refractivity (Wildman–Crippen MR) is 108 cm³/mol. The summed E-state index contributed by atoms with van der Waals surface area (Å²) in [4.78, 5) is 16.3. The summed E-state index contributed by atoms with van der Waals surface area (Å²) in [5, 5.41) is 5.93. The van der Waals surface area contributed by atoms with Gasteiger partial charge in [-0.15, -0.1) is 0 Å². The lowest BCUT2D eigenvalue weighted by Gasteiger charge is -2.10. The molecule has 0 fully saturated rings. The Bertz CT molecular complexity index is 972. The SMILES string of the molecule is Cc1cc(C)cc(-c2nc3cc(NC(=S)NC(=O)C(C)C)ccc3o2)c1. The van der Waals surface area contributed by atoms with Crippen molar-refractivity contribution in [1.29, 1.82) is 0 Å². The van der Waals surface area contributed by atoms with Crippen molar-refractivity contribution in [1.82, 2.24) is 10.3 Å². The highest BCUT2D eigenvalue weighted by molar-refractivity contribution is 7.80. The molecule has 3 rings (SSSR count). The van der Waals surface area contributed by atoms with Gasteiger partial charge in [0.1, 0.15) is 5.52 Å². The number of nitrogens with zero attached hydrogens (tertiary/aromatic N) is 1. The van der Waals surface area contributed by atoms with Crippen molar-refractivity contribution in [3.8, 4) is 11.5 Å². The van der Waals surface area contributed by atoms with Crippen molar-refractivity contribution in [3.63, 3.8) is 0 Å². The van der Waals surface area contributed by atoms with Crippen LogP contribution >= 0.6 is 12.2 Å². The molecule has 0 bridgehead atoms. The number of thiocarbonyl (C=S) groups is 1. The number of oxazole rings is 1. The first-order valence-electron chi connectivity index (χ1n) is 8.43. The van der Waals surface area contributed by atoms with Crippen LogP contribution in [0.5, 0.6) is 0 Å². The number of hydrogen-bond donors (Lipinski definition) is 2. The van der Waals surface area contributed by atoms with Gasteiger partial charge in [-0.2, -0.15) is 0 Å². The van der Waals surface area contributed by atoms with E-state index in [-0.39, 0.29) is 16.9 Å². The van der Waals surface area contributed by atoms with Gasteiger partial charge < -0.3 is 15.1 Å². The highest BCUT2D eigenvalue weighted by Gasteiger charge is 2.12. The number of aromatic nitrogens is 1. The first-order chi connectivity index (χ1) is 12.3. The van der Waals surface area contributed by atoms with E-state index in [2.05, 4.69) is 21.7 Å². The number of carbonyl (C=O) groups is 1. The van der Waals surface area contributed by atoms with Gasteiger partial charge in [0.15, 0.2) is 10.7 Å². The molecule has 0 spiro atoms. The molecule has 0 saturated carbocycles. The molecule has 134 valence electrons. The van der Waals surface area contributed by atoms with Gasteiger partial charge in [0.25, 0.3) is 0 Å². The fraction of sp³-hybridized carbons (Fsp3) is 0.250. The molecule has 0 aliphatic rings. The average Bonchev–Trinajstić information content (AvgIpc) is 2.97. The maximum absolute atomic E-state index is 11.7. The standard InChI is InChI=1S/C20H21N3O2S/c1-11(2)18(24)23-20(26)21-15-5-6-17-16(10-15)22-19(25-17)14-8-12(3)7-13(4)9-14/h5-11H,1-4H3,(H2,21,23,24,26). The van der Waals surface area contributed by atoms with E-state index in [1.54, 1.807) is 0 Å². The van der Waals surface area contributed by atoms with Crippen molar-refractivity contribution >= 4 is 40.0 Å². The normalized spacial score (nSPS) is 11.0. The van der Waals surface area contributed by atoms with Crippen LogP contribution in [0.15, 0.2) is 40.8 Å². The van der Waals surface area contributed by atoms with Crippen LogP contribution in [0.2, 0.25) is 0 Å². The monoisotopic (exact) mass is 367 g/mol. The van der Waals surface area contributed by atoms with Gasteiger partial charge in [-0.1, -0.05) is 31.0 Å². The van der Waals surface area contributed by atoms with Crippen LogP contribution in [0.1, 0.15) is 25.0 Å². The van der Waals surface area contributed by atoms with E-state index in [0.717, 1.165) is 27.9 Å². The summed E-state index contributed by atoms with van der Waals surface area (Å²) in [6.07, 6.45) is 0. The molecule has 26 heavy (non-hydrogen) atoms. The fourth-order valence-corrected chi connectivity index (χ4v) is 2.86. The Kier molecular flexibility index (Phi) is 5.04. The van der Waals surface area contributed by atoms with Gasteiger partial charge in [0, 0.05) is 17.2 Å². The van der Waals surface area contributed by atoms with Crippen LogP contribution in [-0.4, -0.2) is 16.0 Å². The van der Waals surface area contributed by atoms with E-state index in [1.807, 2.05) is 58.0 Å². The quantitative estimate of drug-likeness (QED) is 0.663.